The monoisotopic (exact) mass is 533 g/mol. The number of fused-ring (bicyclic) bond motifs is 1. The van der Waals surface area contributed by atoms with Crippen molar-refractivity contribution in [3.05, 3.63) is 84.5 Å². The highest BCUT2D eigenvalue weighted by atomic mass is 35.5. The largest absolute Gasteiger partial charge is 0.299 e. The maximum Gasteiger partial charge on any atom is 0.238 e. The fourth-order valence-electron chi connectivity index (χ4n) is 4.07. The van der Waals surface area contributed by atoms with Crippen molar-refractivity contribution in [2.45, 2.75) is 37.2 Å². The maximum absolute atomic E-state index is 12.7. The number of rotatable bonds is 7. The number of nitrogens with zero attached hydrogens (tertiary/aromatic N) is 2. The van der Waals surface area contributed by atoms with Gasteiger partial charge in [0.1, 0.15) is 11.9 Å². The molecule has 4 rings (SSSR count). The van der Waals surface area contributed by atoms with Crippen LogP contribution in [0.3, 0.4) is 0 Å². The van der Waals surface area contributed by atoms with Crippen LogP contribution in [0.5, 0.6) is 0 Å². The molecule has 0 aliphatic carbocycles. The Morgan fingerprint density at radius 3 is 2.56 bits per heavy atom. The normalized spacial score (nSPS) is 13.9. The molecular formula is C24H21Cl2N3O3S2. The third-order valence-corrected chi connectivity index (χ3v) is 8.48. The number of primary sulfonamides is 1. The lowest BCUT2D eigenvalue weighted by Gasteiger charge is -2.27. The minimum atomic E-state index is -3.77. The van der Waals surface area contributed by atoms with Crippen molar-refractivity contribution in [2.75, 3.05) is 6.54 Å². The summed E-state index contributed by atoms with van der Waals surface area (Å²) in [6, 6.07) is 13.7. The van der Waals surface area contributed by atoms with Crippen molar-refractivity contribution in [1.82, 2.24) is 4.90 Å². The Labute approximate surface area is 212 Å². The average Bonchev–Trinajstić information content (AvgIpc) is 3.12. The third-order valence-electron chi connectivity index (χ3n) is 5.73. The zero-order valence-corrected chi connectivity index (χ0v) is 21.2. The summed E-state index contributed by atoms with van der Waals surface area (Å²) in [5.41, 5.74) is 3.29. The van der Waals surface area contributed by atoms with Gasteiger partial charge in [0.15, 0.2) is 0 Å². The molecule has 0 unspecified atom stereocenters. The number of Topliss-reactive ketones (excluding diaryl/α,β-unsaturated/α-hetero) is 1. The fraction of sp³-hybridized carbons (Fsp3) is 0.250. The molecule has 0 radical (unpaired) electrons. The van der Waals surface area contributed by atoms with Crippen LogP contribution in [0.15, 0.2) is 47.4 Å². The minimum absolute atomic E-state index is 0.00464. The Bertz CT molecular complexity index is 1390. The third kappa shape index (κ3) is 5.69. The first-order valence-corrected chi connectivity index (χ1v) is 13.6. The van der Waals surface area contributed by atoms with Crippen LogP contribution in [0.1, 0.15) is 32.0 Å². The van der Waals surface area contributed by atoms with Gasteiger partial charge in [-0.05, 0) is 53.4 Å². The summed E-state index contributed by atoms with van der Waals surface area (Å²) in [4.78, 5) is 16.9. The molecular weight excluding hydrogens is 513 g/mol. The minimum Gasteiger partial charge on any atom is -0.299 e. The first-order chi connectivity index (χ1) is 16.1. The summed E-state index contributed by atoms with van der Waals surface area (Å²) in [5, 5.41) is 16.2. The van der Waals surface area contributed by atoms with Crippen LogP contribution in [-0.4, -0.2) is 25.6 Å². The highest BCUT2D eigenvalue weighted by Gasteiger charge is 2.26. The molecule has 3 aromatic rings. The molecule has 1 aromatic heterocycles. The number of nitriles is 1. The molecule has 0 amide bonds. The van der Waals surface area contributed by atoms with E-state index in [4.69, 9.17) is 28.3 Å². The number of carbonyl (C=O) groups excluding carboxylic acids is 1. The lowest BCUT2D eigenvalue weighted by atomic mass is 9.99. The number of sulfonamides is 1. The maximum atomic E-state index is 12.7. The van der Waals surface area contributed by atoms with E-state index in [1.807, 2.05) is 6.07 Å². The lowest BCUT2D eigenvalue weighted by molar-refractivity contribution is -0.117. The van der Waals surface area contributed by atoms with Gasteiger partial charge in [-0.3, -0.25) is 9.69 Å². The number of hydrogen-bond donors (Lipinski definition) is 1. The predicted octanol–water partition coefficient (Wildman–Crippen LogP) is 4.49. The molecule has 0 fully saturated rings. The molecule has 1 aliphatic rings. The molecule has 2 N–H and O–H groups in total. The fourth-order valence-corrected chi connectivity index (χ4v) is 6.34. The lowest BCUT2D eigenvalue weighted by Crippen LogP contribution is -2.29. The second-order valence-electron chi connectivity index (χ2n) is 8.19. The average molecular weight is 534 g/mol. The highest BCUT2D eigenvalue weighted by Crippen LogP contribution is 2.34. The number of benzene rings is 2. The van der Waals surface area contributed by atoms with Crippen molar-refractivity contribution in [2.24, 2.45) is 5.14 Å². The van der Waals surface area contributed by atoms with E-state index in [-0.39, 0.29) is 23.5 Å². The zero-order chi connectivity index (χ0) is 24.5. The molecule has 10 heteroatoms. The summed E-state index contributed by atoms with van der Waals surface area (Å²) >= 11 is 14.0. The van der Waals surface area contributed by atoms with Crippen molar-refractivity contribution in [3.8, 4) is 6.07 Å². The first-order valence-electron chi connectivity index (χ1n) is 10.5. The van der Waals surface area contributed by atoms with E-state index >= 15 is 0 Å². The number of thiophene rings is 1. The Morgan fingerprint density at radius 1 is 1.15 bits per heavy atom. The van der Waals surface area contributed by atoms with Gasteiger partial charge >= 0.3 is 0 Å². The Hall–Kier alpha value is -2.25. The summed E-state index contributed by atoms with van der Waals surface area (Å²) < 4.78 is 22.8. The van der Waals surface area contributed by atoms with Gasteiger partial charge in [0, 0.05) is 52.3 Å². The quantitative estimate of drug-likeness (QED) is 0.481. The van der Waals surface area contributed by atoms with Crippen molar-refractivity contribution >= 4 is 50.3 Å². The molecule has 2 heterocycles. The Kier molecular flexibility index (Phi) is 7.43. The Balaban J connectivity index is 1.46. The highest BCUT2D eigenvalue weighted by molar-refractivity contribution is 7.89. The molecule has 0 saturated heterocycles. The van der Waals surface area contributed by atoms with Gasteiger partial charge in [-0.15, -0.1) is 11.3 Å². The Morgan fingerprint density at radius 2 is 1.88 bits per heavy atom. The van der Waals surface area contributed by atoms with Crippen LogP contribution >= 0.6 is 34.5 Å². The molecule has 6 nitrogen and oxygen atoms in total. The number of nitrogens with two attached hydrogens (primary N) is 1. The van der Waals surface area contributed by atoms with E-state index in [9.17, 15) is 18.5 Å². The van der Waals surface area contributed by atoms with E-state index in [1.165, 1.54) is 23.5 Å². The topological polar surface area (TPSA) is 104 Å². The van der Waals surface area contributed by atoms with E-state index in [0.717, 1.165) is 33.8 Å². The number of carbonyl (C=O) groups is 1. The van der Waals surface area contributed by atoms with Gasteiger partial charge in [-0.25, -0.2) is 13.6 Å². The van der Waals surface area contributed by atoms with Crippen LogP contribution in [0.4, 0.5) is 0 Å². The van der Waals surface area contributed by atoms with Crippen molar-refractivity contribution < 1.29 is 13.2 Å². The van der Waals surface area contributed by atoms with Gasteiger partial charge in [0.05, 0.1) is 10.5 Å². The molecule has 176 valence electrons. The molecule has 2 aromatic carbocycles. The molecule has 1 aliphatic heterocycles. The van der Waals surface area contributed by atoms with Gasteiger partial charge in [-0.1, -0.05) is 35.3 Å². The summed E-state index contributed by atoms with van der Waals surface area (Å²) in [6.07, 6.45) is 1.05. The van der Waals surface area contributed by atoms with Crippen LogP contribution < -0.4 is 5.14 Å². The zero-order valence-electron chi connectivity index (χ0n) is 18.1. The van der Waals surface area contributed by atoms with E-state index in [1.54, 1.807) is 24.3 Å². The van der Waals surface area contributed by atoms with E-state index < -0.39 is 10.0 Å². The van der Waals surface area contributed by atoms with Crippen molar-refractivity contribution in [3.63, 3.8) is 0 Å². The SMILES string of the molecule is N#Cc1c(CC(=O)Cc2ccc(S(N)(=O)=O)cc2)sc2c1CCN(Cc1cc(Cl)ccc1Cl)C2. The van der Waals surface area contributed by atoms with Gasteiger partial charge < -0.3 is 0 Å². The second kappa shape index (κ2) is 10.2. The van der Waals surface area contributed by atoms with Gasteiger partial charge in [-0.2, -0.15) is 5.26 Å². The van der Waals surface area contributed by atoms with Crippen molar-refractivity contribution in [1.29, 1.82) is 5.26 Å². The number of halogens is 2. The molecule has 0 bridgehead atoms. The standard InChI is InChI=1S/C24H21Cl2N3O3S2/c25-17-3-6-22(26)16(10-17)13-29-8-7-20-21(12-27)23(33-24(20)14-29)11-18(30)9-15-1-4-19(5-2-15)34(28,31)32/h1-6,10H,7-9,11,13-14H2,(H2,28,31,32). The van der Waals surface area contributed by atoms with Crippen LogP contribution in [0.2, 0.25) is 10.0 Å². The smallest absolute Gasteiger partial charge is 0.238 e. The number of hydrogen-bond acceptors (Lipinski definition) is 6. The number of ketones is 1. The summed E-state index contributed by atoms with van der Waals surface area (Å²) in [7, 11) is -3.77. The van der Waals surface area contributed by atoms with Crippen LogP contribution in [0, 0.1) is 11.3 Å². The van der Waals surface area contributed by atoms with Gasteiger partial charge in [0.2, 0.25) is 10.0 Å². The van der Waals surface area contributed by atoms with Crippen LogP contribution in [0.25, 0.3) is 0 Å². The van der Waals surface area contributed by atoms with Gasteiger partial charge in [0.25, 0.3) is 0 Å². The summed E-state index contributed by atoms with van der Waals surface area (Å²) in [5.74, 6) is -0.0407. The van der Waals surface area contributed by atoms with E-state index in [2.05, 4.69) is 11.0 Å². The molecule has 0 saturated carbocycles. The van der Waals surface area contributed by atoms with Crippen LogP contribution in [-0.2, 0) is 47.2 Å². The first kappa shape index (κ1) is 24.9. The molecule has 0 atom stereocenters. The summed E-state index contributed by atoms with van der Waals surface area (Å²) in [6.45, 7) is 2.12. The van der Waals surface area contributed by atoms with E-state index in [0.29, 0.717) is 34.3 Å². The molecule has 0 spiro atoms. The molecule has 34 heavy (non-hydrogen) atoms. The predicted molar refractivity (Wildman–Crippen MR) is 134 cm³/mol. The second-order valence-corrected chi connectivity index (χ2v) is 11.8.